The van der Waals surface area contributed by atoms with Crippen LogP contribution in [0.1, 0.15) is 16.7 Å². The van der Waals surface area contributed by atoms with Gasteiger partial charge in [-0.25, -0.2) is 18.7 Å². The Balaban J connectivity index is 1.41. The fraction of sp³-hybridized carbons (Fsp3) is 0.115. The number of benzene rings is 3. The minimum Gasteiger partial charge on any atom is -0.266 e. The van der Waals surface area contributed by atoms with Crippen LogP contribution in [0.4, 0.5) is 35.1 Å². The zero-order chi connectivity index (χ0) is 27.2. The Morgan fingerprint density at radius 3 is 2.13 bits per heavy atom. The molecule has 0 saturated heterocycles. The van der Waals surface area contributed by atoms with Crippen molar-refractivity contribution in [2.24, 2.45) is 0 Å². The van der Waals surface area contributed by atoms with E-state index in [1.54, 1.807) is 0 Å². The summed E-state index contributed by atoms with van der Waals surface area (Å²) < 4.78 is 109. The third kappa shape index (κ3) is 4.93. The van der Waals surface area contributed by atoms with Gasteiger partial charge in [0.25, 0.3) is 0 Å². The molecule has 4 nitrogen and oxygen atoms in total. The van der Waals surface area contributed by atoms with Crippen LogP contribution in [-0.4, -0.2) is 19.7 Å². The maximum atomic E-state index is 14.1. The van der Waals surface area contributed by atoms with E-state index in [0.717, 1.165) is 12.1 Å². The van der Waals surface area contributed by atoms with E-state index in [1.807, 2.05) is 0 Å². The fourth-order valence-corrected chi connectivity index (χ4v) is 3.93. The van der Waals surface area contributed by atoms with E-state index in [0.29, 0.717) is 23.0 Å². The van der Waals surface area contributed by atoms with Crippen LogP contribution in [-0.2, 0) is 18.9 Å². The van der Waals surface area contributed by atoms with Gasteiger partial charge in [-0.2, -0.15) is 31.4 Å². The number of hydrogen-bond acceptors (Lipinski definition) is 3. The Morgan fingerprint density at radius 1 is 0.737 bits per heavy atom. The highest BCUT2D eigenvalue weighted by molar-refractivity contribution is 5.69. The summed E-state index contributed by atoms with van der Waals surface area (Å²) in [6.07, 6.45) is -6.99. The molecule has 0 radical (unpaired) electrons. The molecule has 0 fully saturated rings. The molecule has 0 unspecified atom stereocenters. The molecule has 0 N–H and O–H groups in total. The quantitative estimate of drug-likeness (QED) is 0.225. The van der Waals surface area contributed by atoms with Crippen LogP contribution in [0.5, 0.6) is 0 Å². The molecule has 0 aromatic heterocycles. The van der Waals surface area contributed by atoms with E-state index in [4.69, 9.17) is 0 Å². The minimum absolute atomic E-state index is 0.0158. The van der Waals surface area contributed by atoms with E-state index in [-0.39, 0.29) is 35.1 Å². The monoisotopic (exact) mass is 534 g/mol. The summed E-state index contributed by atoms with van der Waals surface area (Å²) in [5.41, 5.74) is -1.84. The zero-order valence-corrected chi connectivity index (χ0v) is 18.9. The third-order valence-electron chi connectivity index (χ3n) is 5.77. The van der Waals surface area contributed by atoms with E-state index in [2.05, 4.69) is 15.1 Å². The van der Waals surface area contributed by atoms with Gasteiger partial charge < -0.3 is 0 Å². The summed E-state index contributed by atoms with van der Waals surface area (Å²) in [4.78, 5) is 8.40. The molecule has 2 heterocycles. The zero-order valence-electron chi connectivity index (χ0n) is 18.9. The Hall–Kier alpha value is -4.35. The summed E-state index contributed by atoms with van der Waals surface area (Å²) in [5, 5.41) is 4.20. The molecule has 3 aromatic rings. The van der Waals surface area contributed by atoms with Gasteiger partial charge >= 0.3 is 12.4 Å². The molecular weight excluding hydrogens is 520 g/mol. The molecule has 2 aliphatic rings. The molecule has 0 spiro atoms. The topological polar surface area (TPSA) is 43.6 Å². The second-order valence-corrected chi connectivity index (χ2v) is 8.34. The molecule has 38 heavy (non-hydrogen) atoms. The number of alkyl halides is 6. The first-order valence-corrected chi connectivity index (χ1v) is 10.9. The van der Waals surface area contributed by atoms with Crippen LogP contribution in [0.3, 0.4) is 0 Å². The lowest BCUT2D eigenvalue weighted by atomic mass is 9.96. The summed E-state index contributed by atoms with van der Waals surface area (Å²) >= 11 is 0. The summed E-state index contributed by atoms with van der Waals surface area (Å²) in [6.45, 7) is 0.172. The van der Waals surface area contributed by atoms with Gasteiger partial charge in [-0.15, -0.1) is 0 Å². The van der Waals surface area contributed by atoms with Crippen LogP contribution in [0.2, 0.25) is 0 Å². The predicted octanol–water partition coefficient (Wildman–Crippen LogP) is 7.48. The van der Waals surface area contributed by atoms with Gasteiger partial charge in [0.05, 0.1) is 35.6 Å². The molecule has 2 aliphatic heterocycles. The summed E-state index contributed by atoms with van der Waals surface area (Å²) in [5.74, 6) is -2.13. The molecule has 5 rings (SSSR count). The smallest absolute Gasteiger partial charge is 0.266 e. The van der Waals surface area contributed by atoms with Crippen molar-refractivity contribution < 1.29 is 35.1 Å². The average Bonchev–Trinajstić information content (AvgIpc) is 3.28. The van der Waals surface area contributed by atoms with Crippen molar-refractivity contribution in [1.29, 1.82) is 0 Å². The Morgan fingerprint density at radius 2 is 1.45 bits per heavy atom. The van der Waals surface area contributed by atoms with Gasteiger partial charge in [0.2, 0.25) is 0 Å². The Kier molecular flexibility index (Phi) is 6.12. The molecule has 0 aliphatic carbocycles. The van der Waals surface area contributed by atoms with Crippen LogP contribution in [0.25, 0.3) is 33.9 Å². The highest BCUT2D eigenvalue weighted by Gasteiger charge is 2.38. The van der Waals surface area contributed by atoms with Crippen molar-refractivity contribution in [3.63, 3.8) is 0 Å². The van der Waals surface area contributed by atoms with Crippen molar-refractivity contribution in [2.75, 3.05) is 0 Å². The molecule has 0 atom stereocenters. The van der Waals surface area contributed by atoms with Crippen LogP contribution < -0.4 is 0 Å². The van der Waals surface area contributed by atoms with Gasteiger partial charge in [0, 0.05) is 0 Å². The van der Waals surface area contributed by atoms with Gasteiger partial charge in [0.15, 0.2) is 17.5 Å². The second-order valence-electron chi connectivity index (χ2n) is 8.34. The Bertz CT molecular complexity index is 1590. The van der Waals surface area contributed by atoms with Crippen LogP contribution in [0, 0.1) is 11.6 Å². The van der Waals surface area contributed by atoms with Crippen LogP contribution >= 0.6 is 0 Å². The number of halogens is 8. The lowest BCUT2D eigenvalue weighted by Crippen LogP contribution is -2.12. The first-order valence-electron chi connectivity index (χ1n) is 10.9. The van der Waals surface area contributed by atoms with Gasteiger partial charge in [-0.05, 0) is 41.0 Å². The molecule has 0 saturated carbocycles. The van der Waals surface area contributed by atoms with Crippen LogP contribution in [0.15, 0.2) is 73.1 Å². The molecule has 194 valence electrons. The molecular formula is C26H14F8N4. The standard InChI is InChI=1S/C26H14F8N4/c27-20-3-1-2-18(23(20)28)24-36-21-11-35-38(13-22(21)37-24)12-14-4-6-15(7-5-14)17-9-8-16(25(29,30)31)10-19(17)26(32,33)34/h1-11,13H,12H2. The number of fused-ring (bicyclic) bond motifs is 1. The SMILES string of the molecule is Fc1cccc(-c2nc3cnn(Cc4ccc(-c5ccc(C(F)(F)F)cc5C(F)(F)F)cc4)cc-3n2)c1F. The summed E-state index contributed by atoms with van der Waals surface area (Å²) in [6, 6.07) is 11.0. The van der Waals surface area contributed by atoms with E-state index >= 15 is 0 Å². The molecule has 0 amide bonds. The van der Waals surface area contributed by atoms with E-state index in [9.17, 15) is 35.1 Å². The van der Waals surface area contributed by atoms with Crippen molar-refractivity contribution in [3.05, 3.63) is 101 Å². The second kappa shape index (κ2) is 9.19. The minimum atomic E-state index is -4.99. The van der Waals surface area contributed by atoms with Crippen molar-refractivity contribution in [3.8, 4) is 33.9 Å². The van der Waals surface area contributed by atoms with E-state index in [1.165, 1.54) is 53.5 Å². The van der Waals surface area contributed by atoms with Gasteiger partial charge in [-0.3, -0.25) is 4.68 Å². The molecule has 0 bridgehead atoms. The summed E-state index contributed by atoms with van der Waals surface area (Å²) in [7, 11) is 0. The largest absolute Gasteiger partial charge is 0.417 e. The van der Waals surface area contributed by atoms with Crippen molar-refractivity contribution in [2.45, 2.75) is 18.9 Å². The lowest BCUT2D eigenvalue weighted by molar-refractivity contribution is -0.142. The fourth-order valence-electron chi connectivity index (χ4n) is 3.93. The number of imidazole rings is 1. The van der Waals surface area contributed by atoms with Crippen molar-refractivity contribution >= 4 is 0 Å². The number of rotatable bonds is 4. The lowest BCUT2D eigenvalue weighted by Gasteiger charge is -2.16. The van der Waals surface area contributed by atoms with E-state index < -0.39 is 35.1 Å². The highest BCUT2D eigenvalue weighted by Crippen LogP contribution is 2.41. The number of aromatic nitrogens is 4. The maximum absolute atomic E-state index is 14.1. The van der Waals surface area contributed by atoms with Crippen molar-refractivity contribution in [1.82, 2.24) is 19.7 Å². The maximum Gasteiger partial charge on any atom is 0.417 e. The third-order valence-corrected chi connectivity index (χ3v) is 5.77. The molecule has 12 heteroatoms. The molecule has 3 aromatic carbocycles. The average molecular weight is 534 g/mol. The Labute approximate surface area is 209 Å². The van der Waals surface area contributed by atoms with Gasteiger partial charge in [-0.1, -0.05) is 36.4 Å². The number of nitrogens with zero attached hydrogens (tertiary/aromatic N) is 4. The number of hydrogen-bond donors (Lipinski definition) is 0. The predicted molar refractivity (Wildman–Crippen MR) is 121 cm³/mol. The highest BCUT2D eigenvalue weighted by atomic mass is 19.4. The first-order chi connectivity index (χ1) is 17.9. The first kappa shape index (κ1) is 25.3. The van der Waals surface area contributed by atoms with Gasteiger partial charge in [0.1, 0.15) is 11.4 Å². The normalized spacial score (nSPS) is 12.3.